The third kappa shape index (κ3) is 3.64. The average molecular weight is 389 g/mol. The summed E-state index contributed by atoms with van der Waals surface area (Å²) in [6.07, 6.45) is 5.41. The number of allylic oxidation sites excluding steroid dienone is 4. The predicted octanol–water partition coefficient (Wildman–Crippen LogP) is 1.60. The van der Waals surface area contributed by atoms with Gasteiger partial charge in [-0.25, -0.2) is 9.78 Å². The molecular weight excluding hydrogens is 368 g/mol. The molecule has 1 aliphatic rings. The summed E-state index contributed by atoms with van der Waals surface area (Å²) in [7, 11) is 1.61. The molecule has 2 aromatic rings. The van der Waals surface area contributed by atoms with E-state index in [9.17, 15) is 9.59 Å². The van der Waals surface area contributed by atoms with Gasteiger partial charge in [0.15, 0.2) is 11.2 Å². The number of aliphatic hydroxyl groups is 1. The lowest BCUT2D eigenvalue weighted by molar-refractivity contribution is 0.277. The molecule has 0 fully saturated rings. The molecule has 0 radical (unpaired) electrons. The van der Waals surface area contributed by atoms with E-state index in [0.717, 1.165) is 22.4 Å². The molecule has 0 unspecified atom stereocenters. The fourth-order valence-electron chi connectivity index (χ4n) is 3.09. The van der Waals surface area contributed by atoms with Crippen LogP contribution in [-0.2, 0) is 26.6 Å². The number of halogens is 1. The smallest absolute Gasteiger partial charge is 0.332 e. The van der Waals surface area contributed by atoms with Crippen LogP contribution in [0, 0.1) is 0 Å². The first-order chi connectivity index (χ1) is 13.0. The Kier molecular flexibility index (Phi) is 5.68. The fraction of sp³-hybridized carbons (Fsp3) is 0.421. The van der Waals surface area contributed by atoms with Gasteiger partial charge in [-0.05, 0) is 30.7 Å². The Morgan fingerprint density at radius 2 is 2.00 bits per heavy atom. The van der Waals surface area contributed by atoms with Gasteiger partial charge in [-0.15, -0.1) is 0 Å². The van der Waals surface area contributed by atoms with Gasteiger partial charge in [-0.2, -0.15) is 0 Å². The van der Waals surface area contributed by atoms with Crippen molar-refractivity contribution in [2.45, 2.75) is 39.3 Å². The number of aliphatic hydroxyl groups excluding tert-OH is 1. The monoisotopic (exact) mass is 388 g/mol. The number of hydrogen-bond donors (Lipinski definition) is 1. The molecule has 2 aromatic heterocycles. The van der Waals surface area contributed by atoms with Gasteiger partial charge >= 0.3 is 5.69 Å². The maximum Gasteiger partial charge on any atom is 0.332 e. The van der Waals surface area contributed by atoms with Crippen molar-refractivity contribution in [2.24, 2.45) is 7.05 Å². The SMILES string of the molecule is CCCc1nc2c(c(=O)n(CCCO)c(=O)n2C)n1CC1=C=C=C(Cl)C=C1. The van der Waals surface area contributed by atoms with E-state index in [1.54, 1.807) is 13.1 Å². The van der Waals surface area contributed by atoms with Crippen LogP contribution in [0.5, 0.6) is 0 Å². The number of aromatic nitrogens is 4. The number of hydrogen-bond acceptors (Lipinski definition) is 4. The lowest BCUT2D eigenvalue weighted by Gasteiger charge is -2.11. The van der Waals surface area contributed by atoms with Gasteiger partial charge in [-0.3, -0.25) is 13.9 Å². The summed E-state index contributed by atoms with van der Waals surface area (Å²) in [5.41, 5.74) is 6.54. The van der Waals surface area contributed by atoms with Crippen molar-refractivity contribution >= 4 is 22.8 Å². The van der Waals surface area contributed by atoms with Crippen LogP contribution in [0.4, 0.5) is 0 Å². The van der Waals surface area contributed by atoms with E-state index in [0.29, 0.717) is 35.6 Å². The van der Waals surface area contributed by atoms with Crippen LogP contribution in [-0.4, -0.2) is 30.4 Å². The number of fused-ring (bicyclic) bond motifs is 1. The minimum absolute atomic E-state index is 0.0937. The minimum atomic E-state index is -0.431. The molecule has 0 atom stereocenters. The molecule has 0 aliphatic heterocycles. The lowest BCUT2D eigenvalue weighted by atomic mass is 10.2. The topological polar surface area (TPSA) is 82.1 Å². The highest BCUT2D eigenvalue weighted by atomic mass is 35.5. The van der Waals surface area contributed by atoms with Gasteiger partial charge in [0.2, 0.25) is 0 Å². The van der Waals surface area contributed by atoms with E-state index in [1.807, 2.05) is 17.6 Å². The normalized spacial score (nSPS) is 13.3. The van der Waals surface area contributed by atoms with Crippen LogP contribution < -0.4 is 11.2 Å². The van der Waals surface area contributed by atoms with Crippen LogP contribution in [0.3, 0.4) is 0 Å². The summed E-state index contributed by atoms with van der Waals surface area (Å²) >= 11 is 5.88. The summed E-state index contributed by atoms with van der Waals surface area (Å²) in [4.78, 5) is 30.2. The zero-order chi connectivity index (χ0) is 19.6. The summed E-state index contributed by atoms with van der Waals surface area (Å²) in [5, 5.41) is 9.55. The second-order valence-electron chi connectivity index (χ2n) is 6.37. The maximum absolute atomic E-state index is 13.1. The maximum atomic E-state index is 13.1. The van der Waals surface area contributed by atoms with Crippen molar-refractivity contribution < 1.29 is 5.11 Å². The first-order valence-electron chi connectivity index (χ1n) is 8.86. The summed E-state index contributed by atoms with van der Waals surface area (Å²) in [6, 6.07) is 0. The van der Waals surface area contributed by atoms with Crippen LogP contribution in [0.2, 0.25) is 0 Å². The molecular formula is C19H21ClN4O3. The number of rotatable bonds is 7. The molecule has 0 saturated heterocycles. The van der Waals surface area contributed by atoms with Gasteiger partial charge in [0.25, 0.3) is 5.56 Å². The molecule has 27 heavy (non-hydrogen) atoms. The predicted molar refractivity (Wildman–Crippen MR) is 104 cm³/mol. The van der Waals surface area contributed by atoms with Crippen molar-refractivity contribution in [3.63, 3.8) is 0 Å². The van der Waals surface area contributed by atoms with Crippen molar-refractivity contribution in [1.29, 1.82) is 0 Å². The number of imidazole rings is 1. The van der Waals surface area contributed by atoms with Gasteiger partial charge < -0.3 is 9.67 Å². The zero-order valence-electron chi connectivity index (χ0n) is 15.3. The molecule has 142 valence electrons. The van der Waals surface area contributed by atoms with Crippen molar-refractivity contribution in [3.05, 3.63) is 60.9 Å². The molecule has 0 spiro atoms. The highest BCUT2D eigenvalue weighted by Gasteiger charge is 2.20. The molecule has 1 aliphatic carbocycles. The van der Waals surface area contributed by atoms with Crippen LogP contribution in [0.15, 0.2) is 43.8 Å². The fourth-order valence-corrected chi connectivity index (χ4v) is 3.20. The summed E-state index contributed by atoms with van der Waals surface area (Å²) in [6.45, 7) is 2.48. The van der Waals surface area contributed by atoms with Crippen LogP contribution in [0.25, 0.3) is 11.2 Å². The molecule has 3 rings (SSSR count). The van der Waals surface area contributed by atoms with Crippen LogP contribution in [0.1, 0.15) is 25.6 Å². The first-order valence-corrected chi connectivity index (χ1v) is 9.23. The molecule has 0 saturated carbocycles. The van der Waals surface area contributed by atoms with E-state index < -0.39 is 11.2 Å². The molecule has 2 heterocycles. The summed E-state index contributed by atoms with van der Waals surface area (Å²) in [5.74, 6) is 0.739. The standard InChI is InChI=1S/C19H21ClN4O3/c1-3-5-15-21-17-16(24(15)12-13-6-8-14(20)9-7-13)18(26)23(10-4-11-25)19(27)22(17)2/h6,8,25H,3-5,10-12H2,1-2H3. The largest absolute Gasteiger partial charge is 0.396 e. The Morgan fingerprint density at radius 1 is 1.22 bits per heavy atom. The number of nitrogens with zero attached hydrogens (tertiary/aromatic N) is 4. The third-order valence-electron chi connectivity index (χ3n) is 4.43. The van der Waals surface area contributed by atoms with Gasteiger partial charge in [0, 0.05) is 32.2 Å². The molecule has 0 amide bonds. The molecule has 0 aromatic carbocycles. The molecule has 7 nitrogen and oxygen atoms in total. The van der Waals surface area contributed by atoms with Crippen molar-refractivity contribution in [2.75, 3.05) is 6.61 Å². The molecule has 8 heteroatoms. The number of aryl methyl sites for hydroxylation is 2. The Labute approximate surface area is 160 Å². The van der Waals surface area contributed by atoms with Gasteiger partial charge in [0.05, 0.1) is 11.6 Å². The Morgan fingerprint density at radius 3 is 2.63 bits per heavy atom. The Bertz CT molecular complexity index is 1140. The lowest BCUT2D eigenvalue weighted by Crippen LogP contribution is -2.40. The second kappa shape index (κ2) is 7.99. The zero-order valence-corrected chi connectivity index (χ0v) is 16.1. The van der Waals surface area contributed by atoms with Crippen molar-refractivity contribution in [1.82, 2.24) is 18.7 Å². The quantitative estimate of drug-likeness (QED) is 0.730. The van der Waals surface area contributed by atoms with Gasteiger partial charge in [0.1, 0.15) is 5.82 Å². The van der Waals surface area contributed by atoms with E-state index in [2.05, 4.69) is 16.4 Å². The van der Waals surface area contributed by atoms with Gasteiger partial charge in [-0.1, -0.05) is 24.3 Å². The molecule has 1 N–H and O–H groups in total. The molecule has 0 bridgehead atoms. The Balaban J connectivity index is 2.27. The first kappa shape index (κ1) is 19.2. The van der Waals surface area contributed by atoms with Crippen LogP contribution >= 0.6 is 11.6 Å². The Hall–Kier alpha value is -2.56. The second-order valence-corrected chi connectivity index (χ2v) is 6.78. The minimum Gasteiger partial charge on any atom is -0.396 e. The van der Waals surface area contributed by atoms with E-state index in [4.69, 9.17) is 16.7 Å². The highest BCUT2D eigenvalue weighted by Crippen LogP contribution is 2.17. The van der Waals surface area contributed by atoms with E-state index >= 15 is 0 Å². The average Bonchev–Trinajstić information content (AvgIpc) is 3.00. The van der Waals surface area contributed by atoms with E-state index in [-0.39, 0.29) is 13.2 Å². The highest BCUT2D eigenvalue weighted by molar-refractivity contribution is 6.31. The third-order valence-corrected chi connectivity index (χ3v) is 4.65. The summed E-state index contributed by atoms with van der Waals surface area (Å²) < 4.78 is 4.38. The van der Waals surface area contributed by atoms with E-state index in [1.165, 1.54) is 4.57 Å². The van der Waals surface area contributed by atoms with Crippen molar-refractivity contribution in [3.8, 4) is 0 Å².